The summed E-state index contributed by atoms with van der Waals surface area (Å²) in [6.45, 7) is 3.33. The summed E-state index contributed by atoms with van der Waals surface area (Å²) in [7, 11) is -3.47. The third-order valence-electron chi connectivity index (χ3n) is 3.13. The zero-order valence-electron chi connectivity index (χ0n) is 12.3. The number of carbonyl (C=O) groups excluding carboxylic acids is 1. The van der Waals surface area contributed by atoms with Crippen LogP contribution in [0.3, 0.4) is 0 Å². The van der Waals surface area contributed by atoms with Crippen molar-refractivity contribution in [1.29, 1.82) is 5.26 Å². The molecular weight excluding hydrogens is 290 g/mol. The van der Waals surface area contributed by atoms with Crippen LogP contribution in [0.4, 0.5) is 5.69 Å². The predicted octanol–water partition coefficient (Wildman–Crippen LogP) is 1.56. The molecule has 0 spiro atoms. The molecule has 1 N–H and O–H groups in total. The highest BCUT2D eigenvalue weighted by atomic mass is 32.2. The van der Waals surface area contributed by atoms with E-state index in [1.165, 1.54) is 0 Å². The van der Waals surface area contributed by atoms with Crippen molar-refractivity contribution in [3.05, 3.63) is 29.8 Å². The van der Waals surface area contributed by atoms with Gasteiger partial charge in [0.15, 0.2) is 0 Å². The Labute approximate surface area is 125 Å². The number of nitriles is 1. The number of carbonyl (C=O) groups is 1. The zero-order valence-corrected chi connectivity index (χ0v) is 13.1. The maximum absolute atomic E-state index is 12.0. The lowest BCUT2D eigenvalue weighted by molar-refractivity contribution is -0.116. The highest BCUT2D eigenvalue weighted by Gasteiger charge is 2.24. The molecule has 0 bridgehead atoms. The van der Waals surface area contributed by atoms with Crippen molar-refractivity contribution in [1.82, 2.24) is 4.31 Å². The molecule has 21 heavy (non-hydrogen) atoms. The Bertz CT molecular complexity index is 650. The van der Waals surface area contributed by atoms with Crippen molar-refractivity contribution in [3.63, 3.8) is 0 Å². The van der Waals surface area contributed by atoms with Crippen molar-refractivity contribution in [2.75, 3.05) is 18.1 Å². The van der Waals surface area contributed by atoms with Crippen molar-refractivity contribution >= 4 is 21.6 Å². The van der Waals surface area contributed by atoms with Gasteiger partial charge in [0, 0.05) is 6.04 Å². The quantitative estimate of drug-likeness (QED) is 0.863. The second-order valence-electron chi connectivity index (χ2n) is 4.77. The second kappa shape index (κ2) is 7.20. The van der Waals surface area contributed by atoms with E-state index in [1.54, 1.807) is 31.2 Å². The maximum atomic E-state index is 12.0. The van der Waals surface area contributed by atoms with Crippen LogP contribution in [0.2, 0.25) is 0 Å². The summed E-state index contributed by atoms with van der Waals surface area (Å²) in [5.74, 6) is -0.469. The number of amides is 1. The van der Waals surface area contributed by atoms with Gasteiger partial charge in [-0.2, -0.15) is 9.57 Å². The van der Waals surface area contributed by atoms with Gasteiger partial charge >= 0.3 is 0 Å². The number of rotatable bonds is 6. The minimum Gasteiger partial charge on any atom is -0.324 e. The van der Waals surface area contributed by atoms with Gasteiger partial charge in [-0.1, -0.05) is 19.1 Å². The topological polar surface area (TPSA) is 90.3 Å². The van der Waals surface area contributed by atoms with Gasteiger partial charge in [-0.05, 0) is 25.5 Å². The van der Waals surface area contributed by atoms with Gasteiger partial charge in [0.05, 0.1) is 24.1 Å². The Morgan fingerprint density at radius 3 is 2.57 bits per heavy atom. The number of sulfonamides is 1. The number of hydrogen-bond donors (Lipinski definition) is 1. The van der Waals surface area contributed by atoms with E-state index in [0.717, 1.165) is 10.6 Å². The molecule has 0 fully saturated rings. The molecule has 1 atom stereocenters. The van der Waals surface area contributed by atoms with Crippen molar-refractivity contribution in [2.45, 2.75) is 26.3 Å². The van der Waals surface area contributed by atoms with E-state index in [0.29, 0.717) is 17.7 Å². The number of anilines is 1. The lowest BCUT2D eigenvalue weighted by Gasteiger charge is -2.25. The number of nitrogens with zero attached hydrogens (tertiary/aromatic N) is 2. The zero-order chi connectivity index (χ0) is 16.0. The molecule has 114 valence electrons. The summed E-state index contributed by atoms with van der Waals surface area (Å²) in [6, 6.07) is 8.27. The van der Waals surface area contributed by atoms with E-state index >= 15 is 0 Å². The molecule has 1 unspecified atom stereocenters. The normalized spacial score (nSPS) is 12.7. The van der Waals surface area contributed by atoms with Gasteiger partial charge in [0.2, 0.25) is 15.9 Å². The second-order valence-corrected chi connectivity index (χ2v) is 6.71. The maximum Gasteiger partial charge on any atom is 0.239 e. The summed E-state index contributed by atoms with van der Waals surface area (Å²) in [6.07, 6.45) is 1.69. The molecule has 0 aliphatic heterocycles. The minimum absolute atomic E-state index is 0.267. The van der Waals surface area contributed by atoms with Crippen molar-refractivity contribution in [3.8, 4) is 6.07 Å². The molecule has 0 aromatic heterocycles. The summed E-state index contributed by atoms with van der Waals surface area (Å²) in [5.41, 5.74) is 0.711. The van der Waals surface area contributed by atoms with Crippen LogP contribution in [-0.2, 0) is 14.8 Å². The van der Waals surface area contributed by atoms with E-state index in [2.05, 4.69) is 5.32 Å². The highest BCUT2D eigenvalue weighted by molar-refractivity contribution is 7.88. The average Bonchev–Trinajstić information content (AvgIpc) is 2.43. The van der Waals surface area contributed by atoms with Gasteiger partial charge < -0.3 is 5.32 Å². The van der Waals surface area contributed by atoms with E-state index < -0.39 is 15.9 Å². The van der Waals surface area contributed by atoms with E-state index in [1.807, 2.05) is 13.0 Å². The SMILES string of the molecule is CCC(C)N(CC(=O)Nc1ccccc1C#N)S(C)(=O)=O. The average molecular weight is 309 g/mol. The Morgan fingerprint density at radius 2 is 2.05 bits per heavy atom. The highest BCUT2D eigenvalue weighted by Crippen LogP contribution is 2.14. The smallest absolute Gasteiger partial charge is 0.239 e. The fraction of sp³-hybridized carbons (Fsp3) is 0.429. The fourth-order valence-corrected chi connectivity index (χ4v) is 2.98. The monoisotopic (exact) mass is 309 g/mol. The van der Waals surface area contributed by atoms with Crippen molar-refractivity contribution in [2.24, 2.45) is 0 Å². The van der Waals surface area contributed by atoms with Crippen LogP contribution in [0.5, 0.6) is 0 Å². The number of hydrogen-bond acceptors (Lipinski definition) is 4. The Hall–Kier alpha value is -1.91. The minimum atomic E-state index is -3.47. The molecule has 1 aromatic carbocycles. The van der Waals surface area contributed by atoms with Crippen molar-refractivity contribution < 1.29 is 13.2 Å². The first-order valence-corrected chi connectivity index (χ1v) is 8.40. The van der Waals surface area contributed by atoms with Crippen LogP contribution in [0.1, 0.15) is 25.8 Å². The largest absolute Gasteiger partial charge is 0.324 e. The number of nitrogens with one attached hydrogen (secondary N) is 1. The molecule has 0 saturated heterocycles. The predicted molar refractivity (Wildman–Crippen MR) is 81.1 cm³/mol. The Morgan fingerprint density at radius 1 is 1.43 bits per heavy atom. The van der Waals surface area contributed by atoms with Crippen LogP contribution in [-0.4, -0.2) is 37.5 Å². The lowest BCUT2D eigenvalue weighted by atomic mass is 10.2. The fourth-order valence-electron chi connectivity index (χ4n) is 1.82. The first-order valence-electron chi connectivity index (χ1n) is 6.55. The molecular formula is C14H19N3O3S. The molecule has 0 radical (unpaired) electrons. The summed E-state index contributed by atoms with van der Waals surface area (Å²) in [4.78, 5) is 12.0. The molecule has 1 amide bonds. The Kier molecular flexibility index (Phi) is 5.88. The van der Waals surface area contributed by atoms with Crippen LogP contribution in [0, 0.1) is 11.3 Å². The molecule has 0 aliphatic carbocycles. The summed E-state index contributed by atoms with van der Waals surface area (Å²) < 4.78 is 24.6. The number of para-hydroxylation sites is 1. The molecule has 0 heterocycles. The van der Waals surface area contributed by atoms with Gasteiger partial charge in [0.1, 0.15) is 6.07 Å². The summed E-state index contributed by atoms with van der Waals surface area (Å²) in [5, 5.41) is 11.5. The lowest BCUT2D eigenvalue weighted by Crippen LogP contribution is -2.42. The molecule has 0 aliphatic rings. The summed E-state index contributed by atoms with van der Waals surface area (Å²) >= 11 is 0. The van der Waals surface area contributed by atoms with Crippen LogP contribution < -0.4 is 5.32 Å². The van der Waals surface area contributed by atoms with Crippen LogP contribution in [0.15, 0.2) is 24.3 Å². The molecule has 0 saturated carbocycles. The van der Waals surface area contributed by atoms with E-state index in [-0.39, 0.29) is 12.6 Å². The first kappa shape index (κ1) is 17.1. The molecule has 1 rings (SSSR count). The third kappa shape index (κ3) is 4.85. The first-order chi connectivity index (χ1) is 9.79. The van der Waals surface area contributed by atoms with Crippen LogP contribution >= 0.6 is 0 Å². The van der Waals surface area contributed by atoms with Gasteiger partial charge in [-0.3, -0.25) is 4.79 Å². The Balaban J connectivity index is 2.87. The molecule has 7 heteroatoms. The van der Waals surface area contributed by atoms with E-state index in [9.17, 15) is 13.2 Å². The third-order valence-corrected chi connectivity index (χ3v) is 4.47. The number of benzene rings is 1. The molecule has 1 aromatic rings. The molecule has 6 nitrogen and oxygen atoms in total. The van der Waals surface area contributed by atoms with Crippen LogP contribution in [0.25, 0.3) is 0 Å². The van der Waals surface area contributed by atoms with Gasteiger partial charge in [-0.15, -0.1) is 0 Å². The standard InChI is InChI=1S/C14H19N3O3S/c1-4-11(2)17(21(3,19)20)10-14(18)16-13-8-6-5-7-12(13)9-15/h5-8,11H,4,10H2,1-3H3,(H,16,18). The van der Waals surface area contributed by atoms with Gasteiger partial charge in [-0.25, -0.2) is 8.42 Å². The van der Waals surface area contributed by atoms with Gasteiger partial charge in [0.25, 0.3) is 0 Å². The van der Waals surface area contributed by atoms with E-state index in [4.69, 9.17) is 5.26 Å².